The normalized spacial score (nSPS) is 11.6. The number of hydrogen-bond acceptors (Lipinski definition) is 5. The second-order valence-corrected chi connectivity index (χ2v) is 6.22. The minimum atomic E-state index is -2.58. The SMILES string of the molecule is CCCCNc1cc(C(=O)Cl)cc(NS(=O)[O-])c1Oc1ccccc1. The molecule has 8 heteroatoms. The first-order valence-corrected chi connectivity index (χ1v) is 9.17. The smallest absolute Gasteiger partial charge is 0.252 e. The zero-order valence-corrected chi connectivity index (χ0v) is 15.2. The molecule has 0 aliphatic heterocycles. The van der Waals surface area contributed by atoms with Gasteiger partial charge in [-0.2, -0.15) is 0 Å². The lowest BCUT2D eigenvalue weighted by Gasteiger charge is -2.19. The highest BCUT2D eigenvalue weighted by molar-refractivity contribution is 7.80. The van der Waals surface area contributed by atoms with Crippen LogP contribution in [0.25, 0.3) is 0 Å². The number of halogens is 1. The fourth-order valence-electron chi connectivity index (χ4n) is 2.16. The average Bonchev–Trinajstić information content (AvgIpc) is 2.57. The summed E-state index contributed by atoms with van der Waals surface area (Å²) in [5.74, 6) is 0.805. The highest BCUT2D eigenvalue weighted by atomic mass is 35.5. The Kier molecular flexibility index (Phi) is 7.24. The maximum Gasteiger partial charge on any atom is 0.252 e. The predicted octanol–water partition coefficient (Wildman–Crippen LogP) is 4.28. The lowest BCUT2D eigenvalue weighted by molar-refractivity contribution is 0.108. The zero-order chi connectivity index (χ0) is 18.2. The van der Waals surface area contributed by atoms with Crippen LogP contribution in [-0.2, 0) is 11.3 Å². The fourth-order valence-corrected chi connectivity index (χ4v) is 2.60. The molecule has 0 heterocycles. The third-order valence-corrected chi connectivity index (χ3v) is 3.92. The van der Waals surface area contributed by atoms with Gasteiger partial charge in [-0.3, -0.25) is 9.00 Å². The Morgan fingerprint density at radius 2 is 1.92 bits per heavy atom. The zero-order valence-electron chi connectivity index (χ0n) is 13.6. The van der Waals surface area contributed by atoms with Crippen LogP contribution in [0.2, 0.25) is 0 Å². The van der Waals surface area contributed by atoms with Crippen molar-refractivity contribution in [3.8, 4) is 11.5 Å². The van der Waals surface area contributed by atoms with Gasteiger partial charge in [0.1, 0.15) is 5.75 Å². The minimum Gasteiger partial charge on any atom is -0.755 e. The van der Waals surface area contributed by atoms with E-state index in [1.807, 2.05) is 6.07 Å². The number of unbranched alkanes of at least 4 members (excludes halogenated alkanes) is 1. The summed E-state index contributed by atoms with van der Waals surface area (Å²) in [5, 5.41) is 2.48. The highest BCUT2D eigenvalue weighted by Gasteiger charge is 2.16. The molecular formula is C17H18ClN2O4S-. The maximum absolute atomic E-state index is 11.6. The van der Waals surface area contributed by atoms with Gasteiger partial charge < -0.3 is 19.3 Å². The molecule has 0 saturated carbocycles. The summed E-state index contributed by atoms with van der Waals surface area (Å²) in [6.07, 6.45) is 1.88. The Hall–Kier alpha value is -2.09. The number of hydrogen-bond donors (Lipinski definition) is 2. The molecule has 1 atom stereocenters. The summed E-state index contributed by atoms with van der Waals surface area (Å²) < 4.78 is 30.4. The Balaban J connectivity index is 2.48. The summed E-state index contributed by atoms with van der Waals surface area (Å²) in [7, 11) is 0. The van der Waals surface area contributed by atoms with Crippen molar-refractivity contribution in [1.29, 1.82) is 0 Å². The van der Waals surface area contributed by atoms with Gasteiger partial charge in [-0.05, 0) is 42.3 Å². The molecule has 0 aromatic heterocycles. The molecule has 0 spiro atoms. The predicted molar refractivity (Wildman–Crippen MR) is 99.1 cm³/mol. The van der Waals surface area contributed by atoms with Crippen molar-refractivity contribution >= 4 is 39.5 Å². The van der Waals surface area contributed by atoms with Crippen LogP contribution in [0, 0.1) is 0 Å². The van der Waals surface area contributed by atoms with Gasteiger partial charge in [0.25, 0.3) is 5.24 Å². The second-order valence-electron chi connectivity index (χ2n) is 5.21. The molecule has 2 N–H and O–H groups in total. The van der Waals surface area contributed by atoms with Crippen molar-refractivity contribution in [2.45, 2.75) is 19.8 Å². The summed E-state index contributed by atoms with van der Waals surface area (Å²) in [6.45, 7) is 2.69. The van der Waals surface area contributed by atoms with Gasteiger partial charge in [0.05, 0.1) is 11.4 Å². The first kappa shape index (κ1) is 19.2. The van der Waals surface area contributed by atoms with Crippen molar-refractivity contribution in [3.63, 3.8) is 0 Å². The number of para-hydroxylation sites is 1. The number of carbonyl (C=O) groups is 1. The first-order valence-electron chi connectivity index (χ1n) is 7.71. The Morgan fingerprint density at radius 3 is 2.52 bits per heavy atom. The van der Waals surface area contributed by atoms with Gasteiger partial charge in [0.15, 0.2) is 5.75 Å². The van der Waals surface area contributed by atoms with Crippen LogP contribution >= 0.6 is 11.6 Å². The fraction of sp³-hybridized carbons (Fsp3) is 0.235. The van der Waals surface area contributed by atoms with Crippen LogP contribution in [-0.4, -0.2) is 20.5 Å². The summed E-state index contributed by atoms with van der Waals surface area (Å²) in [4.78, 5) is 11.6. The topological polar surface area (TPSA) is 90.5 Å². The van der Waals surface area contributed by atoms with Crippen molar-refractivity contribution in [1.82, 2.24) is 0 Å². The molecule has 1 unspecified atom stereocenters. The Morgan fingerprint density at radius 1 is 1.24 bits per heavy atom. The van der Waals surface area contributed by atoms with Gasteiger partial charge in [-0.15, -0.1) is 0 Å². The summed E-state index contributed by atoms with van der Waals surface area (Å²) >= 11 is 2.98. The van der Waals surface area contributed by atoms with E-state index in [2.05, 4.69) is 17.0 Å². The van der Waals surface area contributed by atoms with E-state index in [1.54, 1.807) is 30.3 Å². The first-order chi connectivity index (χ1) is 12.0. The number of anilines is 2. The molecule has 2 aromatic rings. The molecule has 0 aliphatic rings. The van der Waals surface area contributed by atoms with E-state index in [0.717, 1.165) is 12.8 Å². The van der Waals surface area contributed by atoms with Gasteiger partial charge in [0.2, 0.25) is 0 Å². The van der Waals surface area contributed by atoms with Crippen LogP contribution < -0.4 is 14.8 Å². The largest absolute Gasteiger partial charge is 0.755 e. The average molecular weight is 382 g/mol. The van der Waals surface area contributed by atoms with Crippen LogP contribution in [0.15, 0.2) is 42.5 Å². The molecule has 0 radical (unpaired) electrons. The van der Waals surface area contributed by atoms with E-state index in [9.17, 15) is 13.6 Å². The van der Waals surface area contributed by atoms with Gasteiger partial charge in [-0.25, -0.2) is 0 Å². The third kappa shape index (κ3) is 5.74. The lowest BCUT2D eigenvalue weighted by atomic mass is 10.1. The summed E-state index contributed by atoms with van der Waals surface area (Å²) in [6, 6.07) is 11.8. The van der Waals surface area contributed by atoms with E-state index in [-0.39, 0.29) is 17.0 Å². The van der Waals surface area contributed by atoms with Gasteiger partial charge in [-0.1, -0.05) is 31.5 Å². The molecular weight excluding hydrogens is 364 g/mol. The monoisotopic (exact) mass is 381 g/mol. The lowest BCUT2D eigenvalue weighted by Crippen LogP contribution is -2.09. The Labute approximate surface area is 154 Å². The molecule has 25 heavy (non-hydrogen) atoms. The number of nitrogens with one attached hydrogen (secondary N) is 2. The van der Waals surface area contributed by atoms with Crippen molar-refractivity contribution < 1.29 is 18.3 Å². The van der Waals surface area contributed by atoms with E-state index in [0.29, 0.717) is 18.0 Å². The van der Waals surface area contributed by atoms with Crippen LogP contribution in [0.5, 0.6) is 11.5 Å². The number of rotatable bonds is 9. The van der Waals surface area contributed by atoms with Gasteiger partial charge >= 0.3 is 0 Å². The van der Waals surface area contributed by atoms with Crippen LogP contribution in [0.3, 0.4) is 0 Å². The summed E-state index contributed by atoms with van der Waals surface area (Å²) in [5.41, 5.74) is 0.772. The molecule has 2 aromatic carbocycles. The van der Waals surface area contributed by atoms with Crippen molar-refractivity contribution in [2.75, 3.05) is 16.6 Å². The van der Waals surface area contributed by atoms with Gasteiger partial charge in [0, 0.05) is 23.4 Å². The molecule has 0 aliphatic carbocycles. The molecule has 0 fully saturated rings. The Bertz CT molecular complexity index is 756. The van der Waals surface area contributed by atoms with Crippen molar-refractivity contribution in [2.24, 2.45) is 0 Å². The van der Waals surface area contributed by atoms with Crippen LogP contribution in [0.4, 0.5) is 11.4 Å². The second kappa shape index (κ2) is 9.41. The quantitative estimate of drug-likeness (QED) is 0.384. The van der Waals surface area contributed by atoms with E-state index < -0.39 is 16.5 Å². The maximum atomic E-state index is 11.6. The van der Waals surface area contributed by atoms with E-state index in [1.165, 1.54) is 6.07 Å². The molecule has 0 amide bonds. The standard InChI is InChI=1S/C17H19ClN2O4S/c1-2-3-9-19-14-10-12(17(18)21)11-15(20-25(22)23)16(14)24-13-7-5-4-6-8-13/h4-8,10-11,19-20H,2-3,9H2,1H3,(H,22,23)/p-1. The number of benzene rings is 2. The molecule has 0 saturated heterocycles. The van der Waals surface area contributed by atoms with Crippen molar-refractivity contribution in [3.05, 3.63) is 48.0 Å². The third-order valence-electron chi connectivity index (χ3n) is 3.32. The molecule has 2 rings (SSSR count). The van der Waals surface area contributed by atoms with E-state index >= 15 is 0 Å². The number of ether oxygens (including phenoxy) is 1. The number of carbonyl (C=O) groups excluding carboxylic acids is 1. The molecule has 6 nitrogen and oxygen atoms in total. The van der Waals surface area contributed by atoms with E-state index in [4.69, 9.17) is 16.3 Å². The highest BCUT2D eigenvalue weighted by Crippen LogP contribution is 2.39. The van der Waals surface area contributed by atoms with Crippen LogP contribution in [0.1, 0.15) is 30.1 Å². The molecule has 0 bridgehead atoms. The minimum absolute atomic E-state index is 0.127. The molecule has 134 valence electrons.